The third-order valence-corrected chi connectivity index (χ3v) is 1.87. The van der Waals surface area contributed by atoms with Gasteiger partial charge in [0, 0.05) is 0 Å². The Morgan fingerprint density at radius 2 is 1.83 bits per heavy atom. The molecule has 12 heavy (non-hydrogen) atoms. The van der Waals surface area contributed by atoms with Gasteiger partial charge in [0.2, 0.25) is 0 Å². The lowest BCUT2D eigenvalue weighted by Gasteiger charge is -2.21. The van der Waals surface area contributed by atoms with Crippen LogP contribution in [0.1, 0.15) is 40.5 Å². The zero-order valence-corrected chi connectivity index (χ0v) is 8.71. The predicted octanol–water partition coefficient (Wildman–Crippen LogP) is 2.21. The van der Waals surface area contributed by atoms with Crippen LogP contribution >= 0.6 is 0 Å². The maximum atomic E-state index is 9.03. The first-order chi connectivity index (χ1) is 5.57. The topological polar surface area (TPSA) is 29.5 Å². The van der Waals surface area contributed by atoms with Crippen molar-refractivity contribution in [1.29, 1.82) is 0 Å². The average Bonchev–Trinajstić information content (AvgIpc) is 1.96. The molecule has 0 spiro atoms. The lowest BCUT2D eigenvalue weighted by molar-refractivity contribution is -0.0268. The molecule has 0 aromatic heterocycles. The van der Waals surface area contributed by atoms with E-state index >= 15 is 0 Å². The molecule has 0 heterocycles. The van der Waals surface area contributed by atoms with Crippen molar-refractivity contribution in [3.05, 3.63) is 0 Å². The molecule has 1 N–H and O–H groups in total. The lowest BCUT2D eigenvalue weighted by atomic mass is 10.0. The fourth-order valence-electron chi connectivity index (χ4n) is 1.16. The van der Waals surface area contributed by atoms with E-state index in [4.69, 9.17) is 9.84 Å². The van der Waals surface area contributed by atoms with E-state index in [1.54, 1.807) is 6.92 Å². The SMILES string of the molecule is CCCC(OCC(C)O)C(C)C. The number of aliphatic hydroxyl groups is 1. The Labute approximate surface area is 75.9 Å². The van der Waals surface area contributed by atoms with Crippen LogP contribution in [0.5, 0.6) is 0 Å². The molecule has 0 saturated heterocycles. The van der Waals surface area contributed by atoms with Crippen molar-refractivity contribution in [2.24, 2.45) is 5.92 Å². The average molecular weight is 174 g/mol. The third-order valence-electron chi connectivity index (χ3n) is 1.87. The fraction of sp³-hybridized carbons (Fsp3) is 1.00. The van der Waals surface area contributed by atoms with Gasteiger partial charge in [-0.3, -0.25) is 0 Å². The van der Waals surface area contributed by atoms with Gasteiger partial charge < -0.3 is 9.84 Å². The molecule has 74 valence electrons. The van der Waals surface area contributed by atoms with Gasteiger partial charge in [-0.25, -0.2) is 0 Å². The smallest absolute Gasteiger partial charge is 0.0745 e. The van der Waals surface area contributed by atoms with Gasteiger partial charge in [-0.1, -0.05) is 27.2 Å². The fourth-order valence-corrected chi connectivity index (χ4v) is 1.16. The molecule has 0 aliphatic carbocycles. The molecule has 0 saturated carbocycles. The van der Waals surface area contributed by atoms with Crippen LogP contribution in [0.25, 0.3) is 0 Å². The van der Waals surface area contributed by atoms with Crippen molar-refractivity contribution >= 4 is 0 Å². The first-order valence-electron chi connectivity index (χ1n) is 4.87. The normalized spacial score (nSPS) is 16.5. The van der Waals surface area contributed by atoms with E-state index in [0.29, 0.717) is 18.6 Å². The lowest BCUT2D eigenvalue weighted by Crippen LogP contribution is -2.24. The van der Waals surface area contributed by atoms with Crippen molar-refractivity contribution in [1.82, 2.24) is 0 Å². The molecule has 0 bridgehead atoms. The molecule has 2 nitrogen and oxygen atoms in total. The Bertz CT molecular complexity index is 100. The summed E-state index contributed by atoms with van der Waals surface area (Å²) in [6.07, 6.45) is 2.19. The van der Waals surface area contributed by atoms with Crippen molar-refractivity contribution in [3.63, 3.8) is 0 Å². The monoisotopic (exact) mass is 174 g/mol. The molecule has 0 aliphatic rings. The summed E-state index contributed by atoms with van der Waals surface area (Å²) in [5, 5.41) is 9.03. The second-order valence-corrected chi connectivity index (χ2v) is 3.75. The maximum absolute atomic E-state index is 9.03. The van der Waals surface area contributed by atoms with Crippen LogP contribution in [0.2, 0.25) is 0 Å². The zero-order valence-electron chi connectivity index (χ0n) is 8.71. The molecule has 0 radical (unpaired) electrons. The Morgan fingerprint density at radius 1 is 1.25 bits per heavy atom. The summed E-state index contributed by atoms with van der Waals surface area (Å²) in [7, 11) is 0. The first-order valence-corrected chi connectivity index (χ1v) is 4.87. The summed E-state index contributed by atoms with van der Waals surface area (Å²) in [5.41, 5.74) is 0. The number of aliphatic hydroxyl groups excluding tert-OH is 1. The second-order valence-electron chi connectivity index (χ2n) is 3.75. The van der Waals surface area contributed by atoms with E-state index in [0.717, 1.165) is 12.8 Å². The van der Waals surface area contributed by atoms with E-state index < -0.39 is 0 Å². The highest BCUT2D eigenvalue weighted by Crippen LogP contribution is 2.12. The summed E-state index contributed by atoms with van der Waals surface area (Å²) < 4.78 is 5.56. The largest absolute Gasteiger partial charge is 0.391 e. The van der Waals surface area contributed by atoms with E-state index in [-0.39, 0.29) is 6.10 Å². The highest BCUT2D eigenvalue weighted by molar-refractivity contribution is 4.62. The van der Waals surface area contributed by atoms with Gasteiger partial charge in [0.05, 0.1) is 18.8 Å². The summed E-state index contributed by atoms with van der Waals surface area (Å²) in [6.45, 7) is 8.68. The molecular weight excluding hydrogens is 152 g/mol. The quantitative estimate of drug-likeness (QED) is 0.669. The highest BCUT2D eigenvalue weighted by Gasteiger charge is 2.13. The minimum Gasteiger partial charge on any atom is -0.391 e. The van der Waals surface area contributed by atoms with Crippen LogP contribution in [0, 0.1) is 5.92 Å². The summed E-state index contributed by atoms with van der Waals surface area (Å²) in [4.78, 5) is 0. The van der Waals surface area contributed by atoms with Crippen LogP contribution < -0.4 is 0 Å². The highest BCUT2D eigenvalue weighted by atomic mass is 16.5. The van der Waals surface area contributed by atoms with Gasteiger partial charge in [0.1, 0.15) is 0 Å². The third kappa shape index (κ3) is 5.56. The predicted molar refractivity (Wildman–Crippen MR) is 51.2 cm³/mol. The molecular formula is C10H22O2. The van der Waals surface area contributed by atoms with Gasteiger partial charge >= 0.3 is 0 Å². The van der Waals surface area contributed by atoms with Crippen molar-refractivity contribution in [2.45, 2.75) is 52.7 Å². The molecule has 0 aromatic carbocycles. The minimum absolute atomic E-state index is 0.310. The Hall–Kier alpha value is -0.0800. The van der Waals surface area contributed by atoms with Crippen LogP contribution in [0.3, 0.4) is 0 Å². The molecule has 2 atom stereocenters. The Balaban J connectivity index is 3.63. The minimum atomic E-state index is -0.344. The van der Waals surface area contributed by atoms with Crippen LogP contribution in [-0.4, -0.2) is 23.9 Å². The van der Waals surface area contributed by atoms with E-state index in [1.807, 2.05) is 0 Å². The van der Waals surface area contributed by atoms with E-state index in [2.05, 4.69) is 20.8 Å². The molecule has 2 heteroatoms. The molecule has 0 rings (SSSR count). The van der Waals surface area contributed by atoms with Gasteiger partial charge in [0.15, 0.2) is 0 Å². The van der Waals surface area contributed by atoms with E-state index in [9.17, 15) is 0 Å². The van der Waals surface area contributed by atoms with Gasteiger partial charge in [0.25, 0.3) is 0 Å². The molecule has 0 fully saturated rings. The molecule has 0 aliphatic heterocycles. The van der Waals surface area contributed by atoms with Gasteiger partial charge in [-0.05, 0) is 19.3 Å². The molecule has 2 unspecified atom stereocenters. The molecule has 0 amide bonds. The summed E-state index contributed by atoms with van der Waals surface area (Å²) in [6, 6.07) is 0. The van der Waals surface area contributed by atoms with Crippen LogP contribution in [-0.2, 0) is 4.74 Å². The second kappa shape index (κ2) is 6.44. The summed E-state index contributed by atoms with van der Waals surface area (Å²) >= 11 is 0. The van der Waals surface area contributed by atoms with Crippen molar-refractivity contribution in [3.8, 4) is 0 Å². The van der Waals surface area contributed by atoms with Crippen LogP contribution in [0.4, 0.5) is 0 Å². The molecule has 0 aromatic rings. The van der Waals surface area contributed by atoms with Gasteiger partial charge in [-0.2, -0.15) is 0 Å². The van der Waals surface area contributed by atoms with Crippen LogP contribution in [0.15, 0.2) is 0 Å². The van der Waals surface area contributed by atoms with Crippen molar-refractivity contribution < 1.29 is 9.84 Å². The van der Waals surface area contributed by atoms with Gasteiger partial charge in [-0.15, -0.1) is 0 Å². The van der Waals surface area contributed by atoms with E-state index in [1.165, 1.54) is 0 Å². The maximum Gasteiger partial charge on any atom is 0.0745 e. The Kier molecular flexibility index (Phi) is 6.39. The first kappa shape index (κ1) is 11.9. The number of hydrogen-bond donors (Lipinski definition) is 1. The summed E-state index contributed by atoms with van der Waals surface area (Å²) in [5.74, 6) is 0.545. The number of rotatable bonds is 6. The van der Waals surface area contributed by atoms with Crippen molar-refractivity contribution in [2.75, 3.05) is 6.61 Å². The number of hydrogen-bond acceptors (Lipinski definition) is 2. The standard InChI is InChI=1S/C10H22O2/c1-5-6-10(8(2)3)12-7-9(4)11/h8-11H,5-7H2,1-4H3. The number of ether oxygens (including phenoxy) is 1. The zero-order chi connectivity index (χ0) is 9.56. The Morgan fingerprint density at radius 3 is 2.17 bits per heavy atom.